The van der Waals surface area contributed by atoms with Crippen molar-refractivity contribution in [3.8, 4) is 0 Å². The van der Waals surface area contributed by atoms with E-state index in [1.807, 2.05) is 6.20 Å². The van der Waals surface area contributed by atoms with Crippen LogP contribution in [0.25, 0.3) is 0 Å². The van der Waals surface area contributed by atoms with Gasteiger partial charge in [-0.05, 0) is 31.7 Å². The third-order valence-corrected chi connectivity index (χ3v) is 5.97. The minimum absolute atomic E-state index is 0.484. The third-order valence-electron chi connectivity index (χ3n) is 4.84. The maximum Gasteiger partial charge on any atom is 0.191 e. The lowest BCUT2D eigenvalue weighted by Crippen LogP contribution is -2.48. The van der Waals surface area contributed by atoms with E-state index in [4.69, 9.17) is 4.99 Å². The van der Waals surface area contributed by atoms with Gasteiger partial charge in [-0.25, -0.2) is 9.98 Å². The lowest BCUT2D eigenvalue weighted by atomic mass is 10.0. The number of guanidine groups is 1. The predicted octanol–water partition coefficient (Wildman–Crippen LogP) is 3.43. The highest BCUT2D eigenvalue weighted by atomic mass is 32.1. The Morgan fingerprint density at radius 1 is 1.22 bits per heavy atom. The molecule has 0 atom stereocenters. The molecule has 1 aliphatic heterocycles. The van der Waals surface area contributed by atoms with Crippen LogP contribution >= 0.6 is 11.3 Å². The first-order chi connectivity index (χ1) is 13.3. The van der Waals surface area contributed by atoms with Crippen molar-refractivity contribution in [1.29, 1.82) is 0 Å². The smallest absolute Gasteiger partial charge is 0.191 e. The Labute approximate surface area is 166 Å². The van der Waals surface area contributed by atoms with Gasteiger partial charge < -0.3 is 10.6 Å². The van der Waals surface area contributed by atoms with Gasteiger partial charge in [-0.3, -0.25) is 4.90 Å². The molecule has 0 spiro atoms. The Kier molecular flexibility index (Phi) is 7.66. The van der Waals surface area contributed by atoms with Crippen LogP contribution in [0.3, 0.4) is 0 Å². The van der Waals surface area contributed by atoms with Crippen molar-refractivity contribution in [2.75, 3.05) is 19.6 Å². The summed E-state index contributed by atoms with van der Waals surface area (Å²) in [7, 11) is 0. The fourth-order valence-electron chi connectivity index (χ4n) is 3.32. The monoisotopic (exact) mass is 385 g/mol. The number of aryl methyl sites for hydroxylation is 1. The summed E-state index contributed by atoms with van der Waals surface area (Å²) in [6, 6.07) is 11.2. The molecule has 0 radical (unpaired) electrons. The number of thiazole rings is 1. The SMILES string of the molecule is CCNC(=NCc1ncc(CC)s1)NC1CCN(Cc2ccccc2)CC1. The second kappa shape index (κ2) is 10.4. The lowest BCUT2D eigenvalue weighted by Gasteiger charge is -2.33. The highest BCUT2D eigenvalue weighted by Gasteiger charge is 2.20. The van der Waals surface area contributed by atoms with Gasteiger partial charge >= 0.3 is 0 Å². The minimum atomic E-state index is 0.484. The molecule has 0 bridgehead atoms. The number of nitrogens with zero attached hydrogens (tertiary/aromatic N) is 3. The number of aliphatic imine (C=N–C) groups is 1. The predicted molar refractivity (Wildman–Crippen MR) is 114 cm³/mol. The summed E-state index contributed by atoms with van der Waals surface area (Å²) < 4.78 is 0. The topological polar surface area (TPSA) is 52.6 Å². The molecule has 1 aliphatic rings. The zero-order valence-corrected chi connectivity index (χ0v) is 17.3. The van der Waals surface area contributed by atoms with Crippen molar-refractivity contribution in [3.63, 3.8) is 0 Å². The van der Waals surface area contributed by atoms with Gasteiger partial charge in [0.15, 0.2) is 5.96 Å². The van der Waals surface area contributed by atoms with E-state index in [-0.39, 0.29) is 0 Å². The van der Waals surface area contributed by atoms with Gasteiger partial charge in [0.25, 0.3) is 0 Å². The zero-order valence-electron chi connectivity index (χ0n) is 16.4. The van der Waals surface area contributed by atoms with Gasteiger partial charge in [0.05, 0.1) is 6.54 Å². The number of hydrogen-bond donors (Lipinski definition) is 2. The first kappa shape index (κ1) is 19.8. The summed E-state index contributed by atoms with van der Waals surface area (Å²) >= 11 is 1.76. The van der Waals surface area contributed by atoms with Crippen LogP contribution in [-0.4, -0.2) is 41.5 Å². The van der Waals surface area contributed by atoms with Crippen LogP contribution in [0.5, 0.6) is 0 Å². The molecule has 1 aromatic heterocycles. The second-order valence-corrected chi connectivity index (χ2v) is 8.15. The molecule has 1 aromatic carbocycles. The van der Waals surface area contributed by atoms with Crippen molar-refractivity contribution in [3.05, 3.63) is 52.0 Å². The van der Waals surface area contributed by atoms with E-state index in [1.165, 1.54) is 10.4 Å². The van der Waals surface area contributed by atoms with Crippen molar-refractivity contribution >= 4 is 17.3 Å². The molecule has 1 fully saturated rings. The molecule has 27 heavy (non-hydrogen) atoms. The second-order valence-electron chi connectivity index (χ2n) is 6.95. The Bertz CT molecular complexity index is 704. The van der Waals surface area contributed by atoms with E-state index in [0.717, 1.165) is 56.4 Å². The molecule has 5 nitrogen and oxygen atoms in total. The van der Waals surface area contributed by atoms with Gasteiger partial charge in [-0.1, -0.05) is 37.3 Å². The van der Waals surface area contributed by atoms with E-state index in [1.54, 1.807) is 11.3 Å². The molecule has 0 saturated carbocycles. The van der Waals surface area contributed by atoms with Crippen molar-refractivity contribution < 1.29 is 0 Å². The molecular formula is C21H31N5S. The van der Waals surface area contributed by atoms with Crippen LogP contribution in [0.15, 0.2) is 41.5 Å². The minimum Gasteiger partial charge on any atom is -0.357 e. The summed E-state index contributed by atoms with van der Waals surface area (Å²) in [5.41, 5.74) is 1.40. The van der Waals surface area contributed by atoms with Crippen LogP contribution in [-0.2, 0) is 19.5 Å². The maximum atomic E-state index is 4.74. The fourth-order valence-corrected chi connectivity index (χ4v) is 4.11. The summed E-state index contributed by atoms with van der Waals surface area (Å²) in [5, 5.41) is 8.08. The van der Waals surface area contributed by atoms with E-state index < -0.39 is 0 Å². The number of rotatable bonds is 7. The van der Waals surface area contributed by atoms with Gasteiger partial charge in [-0.2, -0.15) is 0 Å². The van der Waals surface area contributed by atoms with E-state index in [2.05, 4.69) is 64.7 Å². The molecule has 1 saturated heterocycles. The number of likely N-dealkylation sites (tertiary alicyclic amines) is 1. The number of piperidine rings is 1. The molecule has 3 rings (SSSR count). The Balaban J connectivity index is 1.48. The molecular weight excluding hydrogens is 354 g/mol. The fraction of sp³-hybridized carbons (Fsp3) is 0.524. The number of nitrogens with one attached hydrogen (secondary N) is 2. The summed E-state index contributed by atoms with van der Waals surface area (Å²) in [4.78, 5) is 13.1. The average Bonchev–Trinajstić information content (AvgIpc) is 3.17. The highest BCUT2D eigenvalue weighted by Crippen LogP contribution is 2.15. The van der Waals surface area contributed by atoms with Crippen LogP contribution in [0, 0.1) is 0 Å². The zero-order chi connectivity index (χ0) is 18.9. The normalized spacial score (nSPS) is 16.4. The van der Waals surface area contributed by atoms with E-state index in [0.29, 0.717) is 12.6 Å². The Hall–Kier alpha value is -1.92. The van der Waals surface area contributed by atoms with E-state index >= 15 is 0 Å². The molecule has 2 N–H and O–H groups in total. The highest BCUT2D eigenvalue weighted by molar-refractivity contribution is 7.11. The van der Waals surface area contributed by atoms with Gasteiger partial charge in [-0.15, -0.1) is 11.3 Å². The van der Waals surface area contributed by atoms with Gasteiger partial charge in [0.2, 0.25) is 0 Å². The molecule has 0 amide bonds. The number of benzene rings is 1. The first-order valence-electron chi connectivity index (χ1n) is 10.0. The van der Waals surface area contributed by atoms with Crippen LogP contribution in [0.1, 0.15) is 42.1 Å². The first-order valence-corrected chi connectivity index (χ1v) is 10.8. The molecule has 6 heteroatoms. The molecule has 2 heterocycles. The number of aromatic nitrogens is 1. The number of hydrogen-bond acceptors (Lipinski definition) is 4. The average molecular weight is 386 g/mol. The van der Waals surface area contributed by atoms with E-state index in [9.17, 15) is 0 Å². The van der Waals surface area contributed by atoms with Crippen molar-refractivity contribution in [1.82, 2.24) is 20.5 Å². The standard InChI is InChI=1S/C21H31N5S/c1-3-19-14-23-20(27-19)15-24-21(22-4-2)25-18-10-12-26(13-11-18)16-17-8-6-5-7-9-17/h5-9,14,18H,3-4,10-13,15-16H2,1-2H3,(H2,22,24,25). The molecule has 146 valence electrons. The van der Waals surface area contributed by atoms with Crippen LogP contribution in [0.2, 0.25) is 0 Å². The lowest BCUT2D eigenvalue weighted by molar-refractivity contribution is 0.198. The molecule has 0 unspecified atom stereocenters. The Morgan fingerprint density at radius 2 is 2.00 bits per heavy atom. The largest absolute Gasteiger partial charge is 0.357 e. The van der Waals surface area contributed by atoms with Crippen LogP contribution in [0.4, 0.5) is 0 Å². The van der Waals surface area contributed by atoms with Crippen molar-refractivity contribution in [2.45, 2.75) is 52.2 Å². The summed E-state index contributed by atoms with van der Waals surface area (Å²) in [5.74, 6) is 0.909. The van der Waals surface area contributed by atoms with Crippen molar-refractivity contribution in [2.24, 2.45) is 4.99 Å². The molecule has 0 aliphatic carbocycles. The molecule has 2 aromatic rings. The van der Waals surface area contributed by atoms with Gasteiger partial charge in [0, 0.05) is 43.3 Å². The Morgan fingerprint density at radius 3 is 2.67 bits per heavy atom. The third kappa shape index (κ3) is 6.33. The quantitative estimate of drug-likeness (QED) is 0.566. The summed E-state index contributed by atoms with van der Waals surface area (Å²) in [6.45, 7) is 9.08. The summed E-state index contributed by atoms with van der Waals surface area (Å²) in [6.07, 6.45) is 5.31. The van der Waals surface area contributed by atoms with Gasteiger partial charge in [0.1, 0.15) is 5.01 Å². The van der Waals surface area contributed by atoms with Crippen LogP contribution < -0.4 is 10.6 Å². The maximum absolute atomic E-state index is 4.74.